The van der Waals surface area contributed by atoms with Crippen LogP contribution in [0.2, 0.25) is 0 Å². The van der Waals surface area contributed by atoms with Crippen molar-refractivity contribution in [3.05, 3.63) is 34.7 Å². The Morgan fingerprint density at radius 1 is 1.08 bits per heavy atom. The van der Waals surface area contributed by atoms with Crippen molar-refractivity contribution in [2.75, 3.05) is 0 Å². The minimum atomic E-state index is 0.0606. The lowest BCUT2D eigenvalue weighted by Crippen LogP contribution is -2.22. The van der Waals surface area contributed by atoms with Gasteiger partial charge in [-0.1, -0.05) is 13.8 Å². The van der Waals surface area contributed by atoms with Gasteiger partial charge in [0.25, 0.3) is 0 Å². The molecule has 0 atom stereocenters. The number of rotatable bonds is 0. The Labute approximate surface area is 80.2 Å². The Morgan fingerprint density at radius 2 is 1.46 bits per heavy atom. The maximum Gasteiger partial charge on any atom is 0.181 e. The van der Waals surface area contributed by atoms with Crippen LogP contribution >= 0.6 is 0 Å². The molecule has 1 rings (SSSR count). The third-order valence-electron chi connectivity index (χ3n) is 1.57. The summed E-state index contributed by atoms with van der Waals surface area (Å²) in [5, 5.41) is 0. The number of hydrogen-bond acceptors (Lipinski definition) is 1. The maximum absolute atomic E-state index is 10.7. The zero-order valence-electron chi connectivity index (χ0n) is 9.16. The molecule has 0 amide bonds. The van der Waals surface area contributed by atoms with Crippen molar-refractivity contribution >= 4 is 0 Å². The van der Waals surface area contributed by atoms with Gasteiger partial charge in [0, 0.05) is 30.1 Å². The molecule has 13 heavy (non-hydrogen) atoms. The standard InChI is InChI=1S/C9H13NO.C2H6/c1-9(2,3)10-6-4-8(11)5-7-10;1-2/h4-7H,1-3H3;1-2H3. The highest BCUT2D eigenvalue weighted by atomic mass is 16.1. The average molecular weight is 181 g/mol. The highest BCUT2D eigenvalue weighted by molar-refractivity contribution is 4.96. The lowest BCUT2D eigenvalue weighted by molar-refractivity contribution is 0.394. The Bertz CT molecular complexity index is 273. The van der Waals surface area contributed by atoms with Gasteiger partial charge in [0.05, 0.1) is 0 Å². The highest BCUT2D eigenvalue weighted by Crippen LogP contribution is 2.10. The lowest BCUT2D eigenvalue weighted by Gasteiger charge is -2.22. The smallest absolute Gasteiger partial charge is 0.181 e. The third-order valence-corrected chi connectivity index (χ3v) is 1.57. The molecule has 0 saturated heterocycles. The van der Waals surface area contributed by atoms with E-state index in [1.165, 1.54) is 0 Å². The van der Waals surface area contributed by atoms with Crippen LogP contribution in [0.25, 0.3) is 0 Å². The molecule has 0 aliphatic rings. The summed E-state index contributed by atoms with van der Waals surface area (Å²) in [6.45, 7) is 10.3. The molecule has 1 aromatic heterocycles. The molecule has 0 spiro atoms. The molecule has 0 fully saturated rings. The fourth-order valence-corrected chi connectivity index (χ4v) is 0.860. The van der Waals surface area contributed by atoms with Crippen LogP contribution in [0.5, 0.6) is 0 Å². The minimum Gasteiger partial charge on any atom is -0.349 e. The van der Waals surface area contributed by atoms with E-state index in [2.05, 4.69) is 20.8 Å². The molecule has 2 nitrogen and oxygen atoms in total. The van der Waals surface area contributed by atoms with E-state index in [9.17, 15) is 4.79 Å². The predicted molar refractivity (Wildman–Crippen MR) is 57.0 cm³/mol. The van der Waals surface area contributed by atoms with Crippen molar-refractivity contribution in [3.8, 4) is 0 Å². The van der Waals surface area contributed by atoms with Gasteiger partial charge in [-0.05, 0) is 20.8 Å². The molecule has 0 aliphatic heterocycles. The van der Waals surface area contributed by atoms with Crippen LogP contribution < -0.4 is 5.43 Å². The summed E-state index contributed by atoms with van der Waals surface area (Å²) >= 11 is 0. The van der Waals surface area contributed by atoms with Crippen molar-refractivity contribution in [1.82, 2.24) is 4.57 Å². The minimum absolute atomic E-state index is 0.0606. The van der Waals surface area contributed by atoms with Gasteiger partial charge in [0.15, 0.2) is 5.43 Å². The monoisotopic (exact) mass is 181 g/mol. The first-order valence-corrected chi connectivity index (χ1v) is 4.69. The number of aromatic nitrogens is 1. The largest absolute Gasteiger partial charge is 0.349 e. The fourth-order valence-electron chi connectivity index (χ4n) is 0.860. The Hall–Kier alpha value is -1.05. The van der Waals surface area contributed by atoms with Crippen LogP contribution in [0.15, 0.2) is 29.3 Å². The summed E-state index contributed by atoms with van der Waals surface area (Å²) in [7, 11) is 0. The molecule has 0 aromatic carbocycles. The van der Waals surface area contributed by atoms with Gasteiger partial charge in [0.2, 0.25) is 0 Å². The Kier molecular flexibility index (Phi) is 4.46. The second-order valence-corrected chi connectivity index (χ2v) is 3.61. The van der Waals surface area contributed by atoms with Crippen molar-refractivity contribution < 1.29 is 0 Å². The van der Waals surface area contributed by atoms with Gasteiger partial charge in [-0.15, -0.1) is 0 Å². The van der Waals surface area contributed by atoms with E-state index in [0.29, 0.717) is 0 Å². The van der Waals surface area contributed by atoms with E-state index in [0.717, 1.165) is 0 Å². The van der Waals surface area contributed by atoms with Crippen LogP contribution in [-0.2, 0) is 5.54 Å². The molecule has 0 bridgehead atoms. The Balaban J connectivity index is 0.000000671. The first-order valence-electron chi connectivity index (χ1n) is 4.69. The maximum atomic E-state index is 10.7. The van der Waals surface area contributed by atoms with E-state index in [-0.39, 0.29) is 11.0 Å². The molecule has 0 saturated carbocycles. The zero-order chi connectivity index (χ0) is 10.5. The van der Waals surface area contributed by atoms with Crippen LogP contribution in [-0.4, -0.2) is 4.57 Å². The average Bonchev–Trinajstić information content (AvgIpc) is 2.07. The summed E-state index contributed by atoms with van der Waals surface area (Å²) in [6.07, 6.45) is 3.62. The fraction of sp³-hybridized carbons (Fsp3) is 0.545. The normalized spacial score (nSPS) is 10.2. The third kappa shape index (κ3) is 3.92. The number of pyridine rings is 1. The molecular weight excluding hydrogens is 162 g/mol. The molecule has 0 unspecified atom stereocenters. The number of hydrogen-bond donors (Lipinski definition) is 0. The SMILES string of the molecule is CC.CC(C)(C)n1ccc(=O)cc1. The van der Waals surface area contributed by atoms with Crippen LogP contribution in [0.1, 0.15) is 34.6 Å². The van der Waals surface area contributed by atoms with Gasteiger partial charge in [-0.2, -0.15) is 0 Å². The van der Waals surface area contributed by atoms with Gasteiger partial charge < -0.3 is 4.57 Å². The van der Waals surface area contributed by atoms with Gasteiger partial charge in [-0.3, -0.25) is 4.79 Å². The second-order valence-electron chi connectivity index (χ2n) is 3.61. The van der Waals surface area contributed by atoms with Crippen molar-refractivity contribution in [2.24, 2.45) is 0 Å². The quantitative estimate of drug-likeness (QED) is 0.603. The van der Waals surface area contributed by atoms with E-state index < -0.39 is 0 Å². The summed E-state index contributed by atoms with van der Waals surface area (Å²) < 4.78 is 2.01. The zero-order valence-corrected chi connectivity index (χ0v) is 9.16. The van der Waals surface area contributed by atoms with Crippen LogP contribution in [0.4, 0.5) is 0 Å². The predicted octanol–water partition coefficient (Wildman–Crippen LogP) is 2.63. The first kappa shape index (κ1) is 11.9. The topological polar surface area (TPSA) is 22.0 Å². The molecule has 2 heteroatoms. The van der Waals surface area contributed by atoms with Crippen LogP contribution in [0.3, 0.4) is 0 Å². The Morgan fingerprint density at radius 3 is 1.77 bits per heavy atom. The molecule has 0 N–H and O–H groups in total. The molecular formula is C11H19NO. The van der Waals surface area contributed by atoms with E-state index >= 15 is 0 Å². The lowest BCUT2D eigenvalue weighted by atomic mass is 10.1. The summed E-state index contributed by atoms with van der Waals surface area (Å²) in [5.41, 5.74) is 0.124. The number of nitrogens with zero attached hydrogens (tertiary/aromatic N) is 1. The summed E-state index contributed by atoms with van der Waals surface area (Å²) in [4.78, 5) is 10.7. The van der Waals surface area contributed by atoms with E-state index in [1.54, 1.807) is 12.1 Å². The summed E-state index contributed by atoms with van der Waals surface area (Å²) in [6, 6.07) is 3.15. The van der Waals surface area contributed by atoms with E-state index in [4.69, 9.17) is 0 Å². The second kappa shape index (κ2) is 4.85. The molecule has 74 valence electrons. The van der Waals surface area contributed by atoms with Gasteiger partial charge in [0.1, 0.15) is 0 Å². The summed E-state index contributed by atoms with van der Waals surface area (Å²) in [5.74, 6) is 0. The van der Waals surface area contributed by atoms with Gasteiger partial charge >= 0.3 is 0 Å². The first-order chi connectivity index (χ1) is 6.00. The molecule has 0 radical (unpaired) electrons. The van der Waals surface area contributed by atoms with Crippen molar-refractivity contribution in [3.63, 3.8) is 0 Å². The van der Waals surface area contributed by atoms with Crippen molar-refractivity contribution in [1.29, 1.82) is 0 Å². The molecule has 0 aliphatic carbocycles. The van der Waals surface area contributed by atoms with Crippen molar-refractivity contribution in [2.45, 2.75) is 40.2 Å². The molecule has 1 heterocycles. The van der Waals surface area contributed by atoms with E-state index in [1.807, 2.05) is 30.8 Å². The van der Waals surface area contributed by atoms with Gasteiger partial charge in [-0.25, -0.2) is 0 Å². The van der Waals surface area contributed by atoms with Crippen LogP contribution in [0, 0.1) is 0 Å². The molecule has 1 aromatic rings. The highest BCUT2D eigenvalue weighted by Gasteiger charge is 2.09.